The Labute approximate surface area is 191 Å². The Balaban J connectivity index is 1.84. The number of rotatable bonds is 7. The lowest BCUT2D eigenvalue weighted by Gasteiger charge is -2.16. The van der Waals surface area contributed by atoms with Crippen LogP contribution in [0.4, 0.5) is 15.8 Å². The Morgan fingerprint density at radius 3 is 2.36 bits per heavy atom. The molecule has 0 aromatic heterocycles. The second kappa shape index (κ2) is 9.16. The molecule has 3 aromatic rings. The van der Waals surface area contributed by atoms with Gasteiger partial charge in [0.15, 0.2) is 0 Å². The molecule has 2 amide bonds. The molecular weight excluding hydrogens is 423 g/mol. The molecule has 1 aliphatic heterocycles. The van der Waals surface area contributed by atoms with E-state index >= 15 is 0 Å². The first-order valence-electron chi connectivity index (χ1n) is 10.5. The molecule has 0 bridgehead atoms. The number of anilines is 2. The Bertz CT molecular complexity index is 1250. The van der Waals surface area contributed by atoms with Gasteiger partial charge < -0.3 is 14.8 Å². The van der Waals surface area contributed by atoms with Gasteiger partial charge in [-0.3, -0.25) is 9.59 Å². The lowest BCUT2D eigenvalue weighted by molar-refractivity contribution is -0.120. The highest BCUT2D eigenvalue weighted by Gasteiger charge is 2.41. The first kappa shape index (κ1) is 22.1. The van der Waals surface area contributed by atoms with Crippen LogP contribution in [0.5, 0.6) is 11.5 Å². The number of nitrogens with one attached hydrogen (secondary N) is 1. The molecule has 1 N–H and O–H groups in total. The zero-order valence-corrected chi connectivity index (χ0v) is 18.5. The summed E-state index contributed by atoms with van der Waals surface area (Å²) in [4.78, 5) is 27.8. The van der Waals surface area contributed by atoms with Crippen LogP contribution in [0.25, 0.3) is 5.57 Å². The third kappa shape index (κ3) is 4.17. The standard InChI is InChI=1S/C26H23FN2O4/c1-4-33-18-12-10-17(11-13-18)23-24(28-20-15-16(2)9-14-22(20)32-3)26(31)29(25(23)30)21-8-6-5-7-19(21)27/h5-15,28H,4H2,1-3H3. The lowest BCUT2D eigenvalue weighted by atomic mass is 10.0. The van der Waals surface area contributed by atoms with Gasteiger partial charge in [-0.25, -0.2) is 9.29 Å². The van der Waals surface area contributed by atoms with Crippen molar-refractivity contribution < 1.29 is 23.5 Å². The van der Waals surface area contributed by atoms with Crippen molar-refractivity contribution >= 4 is 28.8 Å². The number of aryl methyl sites for hydroxylation is 1. The summed E-state index contributed by atoms with van der Waals surface area (Å²) in [5.74, 6) is -0.802. The summed E-state index contributed by atoms with van der Waals surface area (Å²) in [6.45, 7) is 4.28. The number of methoxy groups -OCH3 is 1. The van der Waals surface area contributed by atoms with E-state index in [1.807, 2.05) is 26.0 Å². The number of imide groups is 1. The molecule has 0 unspecified atom stereocenters. The maximum absolute atomic E-state index is 14.6. The topological polar surface area (TPSA) is 67.9 Å². The Kier molecular flexibility index (Phi) is 6.13. The van der Waals surface area contributed by atoms with Crippen molar-refractivity contribution in [2.45, 2.75) is 13.8 Å². The molecule has 0 fully saturated rings. The highest BCUT2D eigenvalue weighted by atomic mass is 19.1. The van der Waals surface area contributed by atoms with Crippen LogP contribution in [-0.4, -0.2) is 25.5 Å². The summed E-state index contributed by atoms with van der Waals surface area (Å²) >= 11 is 0. The summed E-state index contributed by atoms with van der Waals surface area (Å²) in [5, 5.41) is 3.08. The van der Waals surface area contributed by atoms with E-state index < -0.39 is 17.6 Å². The SMILES string of the molecule is CCOc1ccc(C2=C(Nc3cc(C)ccc3OC)C(=O)N(c3ccccc3F)C2=O)cc1. The maximum atomic E-state index is 14.6. The Morgan fingerprint density at radius 1 is 0.970 bits per heavy atom. The fourth-order valence-corrected chi connectivity index (χ4v) is 3.70. The largest absolute Gasteiger partial charge is 0.495 e. The van der Waals surface area contributed by atoms with Crippen molar-refractivity contribution in [2.24, 2.45) is 0 Å². The van der Waals surface area contributed by atoms with Gasteiger partial charge >= 0.3 is 0 Å². The van der Waals surface area contributed by atoms with Crippen LogP contribution in [0.3, 0.4) is 0 Å². The average molecular weight is 446 g/mol. The number of halogens is 1. The quantitative estimate of drug-likeness (QED) is 0.521. The summed E-state index contributed by atoms with van der Waals surface area (Å²) in [5.41, 5.74) is 2.02. The van der Waals surface area contributed by atoms with Gasteiger partial charge in [0.05, 0.1) is 30.7 Å². The van der Waals surface area contributed by atoms with Crippen molar-refractivity contribution in [3.63, 3.8) is 0 Å². The molecule has 1 aliphatic rings. The smallest absolute Gasteiger partial charge is 0.282 e. The van der Waals surface area contributed by atoms with Crippen LogP contribution >= 0.6 is 0 Å². The van der Waals surface area contributed by atoms with Crippen molar-refractivity contribution in [3.05, 3.63) is 89.4 Å². The van der Waals surface area contributed by atoms with Gasteiger partial charge in [0.1, 0.15) is 23.0 Å². The minimum atomic E-state index is -0.667. The molecule has 0 aliphatic carbocycles. The van der Waals surface area contributed by atoms with Gasteiger partial charge in [-0.05, 0) is 61.4 Å². The number of amides is 2. The van der Waals surface area contributed by atoms with Gasteiger partial charge in [-0.1, -0.05) is 30.3 Å². The average Bonchev–Trinajstić information content (AvgIpc) is 3.04. The number of para-hydroxylation sites is 1. The van der Waals surface area contributed by atoms with Gasteiger partial charge in [-0.2, -0.15) is 0 Å². The van der Waals surface area contributed by atoms with E-state index in [-0.39, 0.29) is 17.0 Å². The first-order valence-corrected chi connectivity index (χ1v) is 10.5. The summed E-state index contributed by atoms with van der Waals surface area (Å²) in [6, 6.07) is 18.0. The fraction of sp³-hybridized carbons (Fsp3) is 0.154. The van der Waals surface area contributed by atoms with Crippen LogP contribution in [0.2, 0.25) is 0 Å². The van der Waals surface area contributed by atoms with E-state index in [0.29, 0.717) is 29.4 Å². The monoisotopic (exact) mass is 446 g/mol. The van der Waals surface area contributed by atoms with Crippen molar-refractivity contribution in [3.8, 4) is 11.5 Å². The second-order valence-corrected chi connectivity index (χ2v) is 7.43. The zero-order valence-electron chi connectivity index (χ0n) is 18.5. The minimum absolute atomic E-state index is 0.0383. The Hall–Kier alpha value is -4.13. The van der Waals surface area contributed by atoms with Gasteiger partial charge in [0.25, 0.3) is 11.8 Å². The number of nitrogens with zero attached hydrogens (tertiary/aromatic N) is 1. The van der Waals surface area contributed by atoms with Crippen molar-refractivity contribution in [1.82, 2.24) is 0 Å². The molecule has 0 radical (unpaired) electrons. The van der Waals surface area contributed by atoms with Crippen LogP contribution in [0, 0.1) is 12.7 Å². The lowest BCUT2D eigenvalue weighted by Crippen LogP contribution is -2.33. The highest BCUT2D eigenvalue weighted by Crippen LogP contribution is 2.37. The molecule has 3 aromatic carbocycles. The number of ether oxygens (including phenoxy) is 2. The summed E-state index contributed by atoms with van der Waals surface area (Å²) in [7, 11) is 1.52. The molecule has 0 saturated carbocycles. The molecule has 33 heavy (non-hydrogen) atoms. The Morgan fingerprint density at radius 2 is 1.70 bits per heavy atom. The molecule has 4 rings (SSSR count). The number of hydrogen-bond donors (Lipinski definition) is 1. The highest BCUT2D eigenvalue weighted by molar-refractivity contribution is 6.46. The summed E-state index contributed by atoms with van der Waals surface area (Å²) in [6.07, 6.45) is 0. The summed E-state index contributed by atoms with van der Waals surface area (Å²) < 4.78 is 25.5. The van der Waals surface area contributed by atoms with Crippen LogP contribution < -0.4 is 19.7 Å². The minimum Gasteiger partial charge on any atom is -0.495 e. The predicted octanol–water partition coefficient (Wildman–Crippen LogP) is 4.94. The van der Waals surface area contributed by atoms with E-state index in [9.17, 15) is 14.0 Å². The van der Waals surface area contributed by atoms with Crippen molar-refractivity contribution in [1.29, 1.82) is 0 Å². The van der Waals surface area contributed by atoms with E-state index in [1.54, 1.807) is 36.4 Å². The molecule has 1 heterocycles. The molecule has 0 atom stereocenters. The van der Waals surface area contributed by atoms with E-state index in [1.165, 1.54) is 25.3 Å². The number of hydrogen-bond acceptors (Lipinski definition) is 5. The molecular formula is C26H23FN2O4. The maximum Gasteiger partial charge on any atom is 0.282 e. The first-order chi connectivity index (χ1) is 15.9. The molecule has 0 saturated heterocycles. The third-order valence-corrected chi connectivity index (χ3v) is 5.25. The van der Waals surface area contributed by atoms with Crippen molar-refractivity contribution in [2.75, 3.05) is 23.9 Å². The molecule has 168 valence electrons. The van der Waals surface area contributed by atoms with E-state index in [2.05, 4.69) is 5.32 Å². The molecule has 7 heteroatoms. The molecule has 6 nitrogen and oxygen atoms in total. The van der Waals surface area contributed by atoms with E-state index in [4.69, 9.17) is 9.47 Å². The van der Waals surface area contributed by atoms with Crippen LogP contribution in [0.1, 0.15) is 18.1 Å². The number of carbonyl (C=O) groups excluding carboxylic acids is 2. The van der Waals surface area contributed by atoms with Gasteiger partial charge in [-0.15, -0.1) is 0 Å². The van der Waals surface area contributed by atoms with Gasteiger partial charge in [0, 0.05) is 0 Å². The number of benzene rings is 3. The predicted molar refractivity (Wildman–Crippen MR) is 125 cm³/mol. The fourth-order valence-electron chi connectivity index (χ4n) is 3.70. The second-order valence-electron chi connectivity index (χ2n) is 7.43. The molecule has 0 spiro atoms. The zero-order chi connectivity index (χ0) is 23.5. The third-order valence-electron chi connectivity index (χ3n) is 5.25. The number of carbonyl (C=O) groups is 2. The van der Waals surface area contributed by atoms with Crippen LogP contribution in [0.15, 0.2) is 72.4 Å². The normalized spacial score (nSPS) is 13.5. The van der Waals surface area contributed by atoms with Crippen LogP contribution in [-0.2, 0) is 9.59 Å². The van der Waals surface area contributed by atoms with E-state index in [0.717, 1.165) is 10.5 Å². The van der Waals surface area contributed by atoms with Gasteiger partial charge in [0.2, 0.25) is 0 Å².